The number of nitrogens with one attached hydrogen (secondary N) is 1. The second-order valence-electron chi connectivity index (χ2n) is 10.2. The van der Waals surface area contributed by atoms with Gasteiger partial charge in [0.2, 0.25) is 5.89 Å². The molecule has 0 aliphatic carbocycles. The van der Waals surface area contributed by atoms with Crippen LogP contribution in [0.4, 0.5) is 5.69 Å². The molecule has 0 spiro atoms. The maximum atomic E-state index is 11.1. The van der Waals surface area contributed by atoms with Crippen molar-refractivity contribution in [1.29, 1.82) is 0 Å². The van der Waals surface area contributed by atoms with Crippen molar-refractivity contribution < 1.29 is 19.1 Å². The zero-order valence-corrected chi connectivity index (χ0v) is 21.1. The lowest BCUT2D eigenvalue weighted by atomic mass is 9.96. The molecule has 1 aromatic heterocycles. The second kappa shape index (κ2) is 10.7. The van der Waals surface area contributed by atoms with Gasteiger partial charge in [0.1, 0.15) is 17.8 Å². The molecule has 6 rings (SSSR count). The molecule has 7 nitrogen and oxygen atoms in total. The number of carbonyl (C=O) groups is 1. The Morgan fingerprint density at radius 3 is 2.21 bits per heavy atom. The molecule has 2 unspecified atom stereocenters. The van der Waals surface area contributed by atoms with Crippen molar-refractivity contribution in [1.82, 2.24) is 9.88 Å². The minimum absolute atomic E-state index is 0.345. The van der Waals surface area contributed by atoms with Crippen LogP contribution < -0.4 is 10.1 Å². The van der Waals surface area contributed by atoms with Crippen molar-refractivity contribution in [2.24, 2.45) is 0 Å². The number of carboxylic acid groups (broad SMARTS) is 1. The van der Waals surface area contributed by atoms with Crippen molar-refractivity contribution in [2.45, 2.75) is 50.2 Å². The van der Waals surface area contributed by atoms with Crippen LogP contribution in [0.2, 0.25) is 0 Å². The molecule has 2 aliphatic rings. The van der Waals surface area contributed by atoms with Crippen molar-refractivity contribution >= 4 is 11.7 Å². The molecule has 2 N–H and O–H groups in total. The van der Waals surface area contributed by atoms with Crippen LogP contribution >= 0.6 is 0 Å². The molecular formula is C31H31N3O4. The third kappa shape index (κ3) is 5.43. The Hall–Kier alpha value is -4.10. The monoisotopic (exact) mass is 509 g/mol. The largest absolute Gasteiger partial charge is 0.478 e. The van der Waals surface area contributed by atoms with Crippen molar-refractivity contribution in [3.8, 4) is 23.0 Å². The number of anilines is 1. The summed E-state index contributed by atoms with van der Waals surface area (Å²) in [6.07, 6.45) is 8.94. The molecule has 2 aliphatic heterocycles. The predicted molar refractivity (Wildman–Crippen MR) is 146 cm³/mol. The van der Waals surface area contributed by atoms with Gasteiger partial charge in [-0.1, -0.05) is 12.1 Å². The molecule has 0 saturated carbocycles. The first kappa shape index (κ1) is 24.2. The molecule has 194 valence electrons. The van der Waals surface area contributed by atoms with Gasteiger partial charge in [-0.05, 0) is 98.3 Å². The average Bonchev–Trinajstić information content (AvgIpc) is 3.55. The summed E-state index contributed by atoms with van der Waals surface area (Å²) in [5.74, 6) is 1.28. The van der Waals surface area contributed by atoms with E-state index in [0.717, 1.165) is 48.6 Å². The smallest absolute Gasteiger partial charge is 0.335 e. The number of oxazole rings is 1. The zero-order chi connectivity index (χ0) is 25.9. The fourth-order valence-corrected chi connectivity index (χ4v) is 5.85. The molecule has 2 saturated heterocycles. The normalized spacial score (nSPS) is 20.8. The van der Waals surface area contributed by atoms with Gasteiger partial charge >= 0.3 is 5.97 Å². The van der Waals surface area contributed by atoms with E-state index in [-0.39, 0.29) is 0 Å². The number of aromatic carboxylic acids is 1. The highest BCUT2D eigenvalue weighted by Gasteiger charge is 2.40. The summed E-state index contributed by atoms with van der Waals surface area (Å²) in [6, 6.07) is 24.9. The number of hydrogen-bond donors (Lipinski definition) is 2. The van der Waals surface area contributed by atoms with Gasteiger partial charge in [-0.15, -0.1) is 0 Å². The molecule has 3 aromatic carbocycles. The van der Waals surface area contributed by atoms with Gasteiger partial charge in [0.05, 0.1) is 11.8 Å². The summed E-state index contributed by atoms with van der Waals surface area (Å²) in [7, 11) is 0. The Kier molecular flexibility index (Phi) is 6.84. The summed E-state index contributed by atoms with van der Waals surface area (Å²) in [4.78, 5) is 17.9. The minimum Gasteiger partial charge on any atom is -0.478 e. The van der Waals surface area contributed by atoms with E-state index in [9.17, 15) is 4.79 Å². The fraction of sp³-hybridized carbons (Fsp3) is 0.290. The first-order chi connectivity index (χ1) is 18.6. The summed E-state index contributed by atoms with van der Waals surface area (Å²) in [6.45, 7) is 1.03. The van der Waals surface area contributed by atoms with Gasteiger partial charge in [0.15, 0.2) is 0 Å². The number of aromatic nitrogens is 1. The van der Waals surface area contributed by atoms with Crippen molar-refractivity contribution in [2.75, 3.05) is 11.9 Å². The highest BCUT2D eigenvalue weighted by atomic mass is 16.5. The lowest BCUT2D eigenvalue weighted by molar-refractivity contribution is 0.0697. The lowest BCUT2D eigenvalue weighted by Gasteiger charge is -2.39. The molecule has 0 radical (unpaired) electrons. The van der Waals surface area contributed by atoms with Gasteiger partial charge < -0.3 is 19.6 Å². The Morgan fingerprint density at radius 1 is 0.947 bits per heavy atom. The standard InChI is InChI=1S/C31H31N3O4/c35-31(36)23-3-1-21(2-4-23)15-17-34-26-9-10-27(34)20-25(19-26)33-24-7-13-29(14-8-24)38-28-11-5-22(6-12-28)30-32-16-18-37-30/h1-8,11-14,16,18,25-27,33H,9-10,15,17,19-20H2,(H,35,36). The highest BCUT2D eigenvalue weighted by Crippen LogP contribution is 2.37. The van der Waals surface area contributed by atoms with Gasteiger partial charge in [-0.25, -0.2) is 9.78 Å². The Balaban J connectivity index is 0.999. The van der Waals surface area contributed by atoms with E-state index in [0.29, 0.717) is 29.6 Å². The van der Waals surface area contributed by atoms with Crippen LogP contribution in [0.1, 0.15) is 41.6 Å². The number of hydrogen-bond acceptors (Lipinski definition) is 6. The molecule has 2 fully saturated rings. The predicted octanol–water partition coefficient (Wildman–Crippen LogP) is 6.48. The molecule has 2 bridgehead atoms. The molecule has 4 aromatic rings. The number of ether oxygens (including phenoxy) is 1. The van der Waals surface area contributed by atoms with E-state index < -0.39 is 5.97 Å². The first-order valence-electron chi connectivity index (χ1n) is 13.2. The van der Waals surface area contributed by atoms with E-state index in [1.165, 1.54) is 18.4 Å². The van der Waals surface area contributed by atoms with Crippen molar-refractivity contribution in [3.63, 3.8) is 0 Å². The lowest BCUT2D eigenvalue weighted by Crippen LogP contribution is -2.47. The molecule has 3 heterocycles. The van der Waals surface area contributed by atoms with Gasteiger partial charge in [-0.2, -0.15) is 0 Å². The maximum Gasteiger partial charge on any atom is 0.335 e. The topological polar surface area (TPSA) is 87.8 Å². The number of piperidine rings is 1. The summed E-state index contributed by atoms with van der Waals surface area (Å²) < 4.78 is 11.4. The van der Waals surface area contributed by atoms with Crippen LogP contribution in [0.5, 0.6) is 11.5 Å². The first-order valence-corrected chi connectivity index (χ1v) is 13.2. The summed E-state index contributed by atoms with van der Waals surface area (Å²) in [5.41, 5.74) is 3.57. The Bertz CT molecular complexity index is 1340. The third-order valence-corrected chi connectivity index (χ3v) is 7.74. The highest BCUT2D eigenvalue weighted by molar-refractivity contribution is 5.87. The Labute approximate surface area is 222 Å². The second-order valence-corrected chi connectivity index (χ2v) is 10.2. The average molecular weight is 510 g/mol. The molecule has 7 heteroatoms. The minimum atomic E-state index is -0.874. The van der Waals surface area contributed by atoms with Crippen LogP contribution in [-0.2, 0) is 6.42 Å². The van der Waals surface area contributed by atoms with Crippen LogP contribution in [0.3, 0.4) is 0 Å². The van der Waals surface area contributed by atoms with Gasteiger partial charge in [-0.3, -0.25) is 4.90 Å². The van der Waals surface area contributed by atoms with E-state index in [1.54, 1.807) is 24.6 Å². The van der Waals surface area contributed by atoms with Crippen LogP contribution in [0, 0.1) is 0 Å². The van der Waals surface area contributed by atoms with E-state index in [1.807, 2.05) is 48.5 Å². The number of nitrogens with zero attached hydrogens (tertiary/aromatic N) is 2. The molecule has 38 heavy (non-hydrogen) atoms. The zero-order valence-electron chi connectivity index (χ0n) is 21.1. The Morgan fingerprint density at radius 2 is 1.61 bits per heavy atom. The number of carboxylic acids is 1. The van der Waals surface area contributed by atoms with Crippen LogP contribution in [0.25, 0.3) is 11.5 Å². The van der Waals surface area contributed by atoms with E-state index >= 15 is 0 Å². The van der Waals surface area contributed by atoms with Crippen molar-refractivity contribution in [3.05, 3.63) is 96.4 Å². The third-order valence-electron chi connectivity index (χ3n) is 7.74. The molecule has 0 amide bonds. The number of benzene rings is 3. The molecular weight excluding hydrogens is 478 g/mol. The van der Waals surface area contributed by atoms with E-state index in [4.69, 9.17) is 14.3 Å². The van der Waals surface area contributed by atoms with Gasteiger partial charge in [0, 0.05) is 35.9 Å². The summed E-state index contributed by atoms with van der Waals surface area (Å²) in [5, 5.41) is 12.9. The summed E-state index contributed by atoms with van der Waals surface area (Å²) >= 11 is 0. The fourth-order valence-electron chi connectivity index (χ4n) is 5.85. The number of fused-ring (bicyclic) bond motifs is 2. The van der Waals surface area contributed by atoms with Crippen LogP contribution in [-0.4, -0.2) is 45.6 Å². The SMILES string of the molecule is O=C(O)c1ccc(CCN2C3CCC2CC(Nc2ccc(Oc4ccc(-c5ncco5)cc4)cc2)C3)cc1. The van der Waals surface area contributed by atoms with Gasteiger partial charge in [0.25, 0.3) is 0 Å². The van der Waals surface area contributed by atoms with E-state index in [2.05, 4.69) is 27.3 Å². The molecule has 2 atom stereocenters. The quantitative estimate of drug-likeness (QED) is 0.267. The van der Waals surface area contributed by atoms with Crippen LogP contribution in [0.15, 0.2) is 89.7 Å². The maximum absolute atomic E-state index is 11.1. The number of rotatable bonds is 9.